The molecular formula is C13H17N5S. The predicted octanol–water partition coefficient (Wildman–Crippen LogP) is 2.26. The van der Waals surface area contributed by atoms with Crippen LogP contribution in [0.2, 0.25) is 0 Å². The topological polar surface area (TPSA) is 67.1 Å². The van der Waals surface area contributed by atoms with E-state index in [-0.39, 0.29) is 0 Å². The number of nitrogens with two attached hydrogens (primary N) is 1. The molecular weight excluding hydrogens is 258 g/mol. The second-order valence-corrected chi connectivity index (χ2v) is 5.76. The van der Waals surface area contributed by atoms with E-state index in [9.17, 15) is 0 Å². The first-order chi connectivity index (χ1) is 9.20. The van der Waals surface area contributed by atoms with E-state index < -0.39 is 0 Å². The Morgan fingerprint density at radius 2 is 2.37 bits per heavy atom. The fourth-order valence-corrected chi connectivity index (χ4v) is 3.55. The van der Waals surface area contributed by atoms with Crippen LogP contribution < -0.4 is 16.2 Å². The lowest BCUT2D eigenvalue weighted by atomic mass is 10.0. The van der Waals surface area contributed by atoms with Crippen molar-refractivity contribution in [2.75, 3.05) is 16.9 Å². The SMILES string of the molecule is Cc1cnc(NN)nc1N1CCc2sccc2C1C. The normalized spacial score (nSPS) is 18.3. The number of anilines is 2. The van der Waals surface area contributed by atoms with E-state index in [1.807, 2.05) is 24.5 Å². The van der Waals surface area contributed by atoms with Gasteiger partial charge in [-0.15, -0.1) is 11.3 Å². The lowest BCUT2D eigenvalue weighted by molar-refractivity contribution is 0.622. The molecule has 2 aromatic heterocycles. The standard InChI is InChI=1S/C13H17N5S/c1-8-7-15-13(17-14)16-12(8)18-5-3-11-10(9(18)2)4-6-19-11/h4,6-7,9H,3,5,14H2,1-2H3,(H,15,16,17). The summed E-state index contributed by atoms with van der Waals surface area (Å²) in [7, 11) is 0. The quantitative estimate of drug-likeness (QED) is 0.650. The van der Waals surface area contributed by atoms with Crippen LogP contribution in [0, 0.1) is 6.92 Å². The number of hydrogen-bond acceptors (Lipinski definition) is 6. The highest BCUT2D eigenvalue weighted by Crippen LogP contribution is 2.36. The Labute approximate surface area is 116 Å². The molecule has 1 aliphatic rings. The van der Waals surface area contributed by atoms with Gasteiger partial charge in [0.15, 0.2) is 0 Å². The summed E-state index contributed by atoms with van der Waals surface area (Å²) in [5.41, 5.74) is 5.00. The molecule has 0 aromatic carbocycles. The Balaban J connectivity index is 1.99. The van der Waals surface area contributed by atoms with Crippen molar-refractivity contribution in [3.05, 3.63) is 33.6 Å². The maximum atomic E-state index is 5.40. The summed E-state index contributed by atoms with van der Waals surface area (Å²) in [4.78, 5) is 12.5. The number of thiophene rings is 1. The van der Waals surface area contributed by atoms with Gasteiger partial charge in [-0.25, -0.2) is 10.8 Å². The average Bonchev–Trinajstić information content (AvgIpc) is 2.90. The lowest BCUT2D eigenvalue weighted by Crippen LogP contribution is -2.34. The summed E-state index contributed by atoms with van der Waals surface area (Å²) < 4.78 is 0. The zero-order chi connectivity index (χ0) is 13.4. The van der Waals surface area contributed by atoms with E-state index in [0.717, 1.165) is 24.3 Å². The van der Waals surface area contributed by atoms with Crippen LogP contribution in [-0.4, -0.2) is 16.5 Å². The summed E-state index contributed by atoms with van der Waals surface area (Å²) in [6, 6.07) is 2.56. The highest BCUT2D eigenvalue weighted by atomic mass is 32.1. The van der Waals surface area contributed by atoms with Crippen molar-refractivity contribution in [2.24, 2.45) is 5.84 Å². The Bertz CT molecular complexity index is 594. The van der Waals surface area contributed by atoms with Gasteiger partial charge in [0.1, 0.15) is 5.82 Å². The zero-order valence-electron chi connectivity index (χ0n) is 11.1. The van der Waals surface area contributed by atoms with E-state index in [0.29, 0.717) is 12.0 Å². The summed E-state index contributed by atoms with van der Waals surface area (Å²) in [5.74, 6) is 6.83. The third-order valence-corrected chi connectivity index (χ3v) is 4.62. The molecule has 0 saturated carbocycles. The number of hydrazine groups is 1. The van der Waals surface area contributed by atoms with Gasteiger partial charge in [0.25, 0.3) is 0 Å². The van der Waals surface area contributed by atoms with Gasteiger partial charge >= 0.3 is 0 Å². The number of hydrogen-bond donors (Lipinski definition) is 2. The van der Waals surface area contributed by atoms with Crippen molar-refractivity contribution < 1.29 is 0 Å². The van der Waals surface area contributed by atoms with Crippen LogP contribution in [0.25, 0.3) is 0 Å². The van der Waals surface area contributed by atoms with Crippen molar-refractivity contribution in [3.63, 3.8) is 0 Å². The molecule has 19 heavy (non-hydrogen) atoms. The van der Waals surface area contributed by atoms with Crippen molar-refractivity contribution in [1.82, 2.24) is 9.97 Å². The van der Waals surface area contributed by atoms with Crippen LogP contribution in [0.1, 0.15) is 29.0 Å². The first-order valence-corrected chi connectivity index (χ1v) is 7.22. The van der Waals surface area contributed by atoms with Gasteiger partial charge in [-0.05, 0) is 37.3 Å². The molecule has 0 amide bonds. The molecule has 0 aliphatic carbocycles. The third-order valence-electron chi connectivity index (χ3n) is 3.62. The number of fused-ring (bicyclic) bond motifs is 1. The van der Waals surface area contributed by atoms with Crippen molar-refractivity contribution >= 4 is 23.1 Å². The van der Waals surface area contributed by atoms with E-state index >= 15 is 0 Å². The molecule has 1 unspecified atom stereocenters. The Kier molecular flexibility index (Phi) is 3.12. The van der Waals surface area contributed by atoms with Crippen molar-refractivity contribution in [1.29, 1.82) is 0 Å². The van der Waals surface area contributed by atoms with Gasteiger partial charge < -0.3 is 4.90 Å². The minimum atomic E-state index is 0.342. The monoisotopic (exact) mass is 275 g/mol. The molecule has 3 rings (SSSR count). The van der Waals surface area contributed by atoms with E-state index in [1.165, 1.54) is 10.4 Å². The molecule has 6 heteroatoms. The van der Waals surface area contributed by atoms with Gasteiger partial charge in [-0.1, -0.05) is 0 Å². The van der Waals surface area contributed by atoms with E-state index in [1.54, 1.807) is 0 Å². The summed E-state index contributed by atoms with van der Waals surface area (Å²) in [6.07, 6.45) is 2.89. The fourth-order valence-electron chi connectivity index (χ4n) is 2.59. The summed E-state index contributed by atoms with van der Waals surface area (Å²) in [5, 5.41) is 2.17. The largest absolute Gasteiger partial charge is 0.349 e. The second kappa shape index (κ2) is 4.79. The number of nitrogen functional groups attached to an aromatic ring is 1. The highest BCUT2D eigenvalue weighted by Gasteiger charge is 2.26. The van der Waals surface area contributed by atoms with Crippen molar-refractivity contribution in [2.45, 2.75) is 26.3 Å². The molecule has 1 aliphatic heterocycles. The van der Waals surface area contributed by atoms with Gasteiger partial charge in [-0.3, -0.25) is 5.43 Å². The van der Waals surface area contributed by atoms with Crippen LogP contribution in [0.5, 0.6) is 0 Å². The molecule has 3 N–H and O–H groups in total. The molecule has 5 nitrogen and oxygen atoms in total. The molecule has 0 spiro atoms. The number of rotatable bonds is 2. The Hall–Kier alpha value is -1.66. The first-order valence-electron chi connectivity index (χ1n) is 6.34. The minimum Gasteiger partial charge on any atom is -0.349 e. The van der Waals surface area contributed by atoms with Gasteiger partial charge in [-0.2, -0.15) is 4.98 Å². The smallest absolute Gasteiger partial charge is 0.239 e. The van der Waals surface area contributed by atoms with Crippen LogP contribution in [0.3, 0.4) is 0 Å². The number of aromatic nitrogens is 2. The van der Waals surface area contributed by atoms with Crippen LogP contribution in [-0.2, 0) is 6.42 Å². The number of nitrogens with one attached hydrogen (secondary N) is 1. The van der Waals surface area contributed by atoms with E-state index in [4.69, 9.17) is 5.84 Å². The second-order valence-electron chi connectivity index (χ2n) is 4.76. The van der Waals surface area contributed by atoms with E-state index in [2.05, 4.69) is 38.7 Å². The average molecular weight is 275 g/mol. The molecule has 0 radical (unpaired) electrons. The molecule has 2 aromatic rings. The lowest BCUT2D eigenvalue weighted by Gasteiger charge is -2.35. The fraction of sp³-hybridized carbons (Fsp3) is 0.385. The molecule has 3 heterocycles. The molecule has 0 fully saturated rings. The summed E-state index contributed by atoms with van der Waals surface area (Å²) in [6.45, 7) is 5.24. The number of nitrogens with zero attached hydrogens (tertiary/aromatic N) is 3. The third kappa shape index (κ3) is 2.06. The van der Waals surface area contributed by atoms with Crippen LogP contribution in [0.15, 0.2) is 17.6 Å². The maximum Gasteiger partial charge on any atom is 0.239 e. The molecule has 100 valence electrons. The first kappa shape index (κ1) is 12.4. The molecule has 0 bridgehead atoms. The maximum absolute atomic E-state index is 5.40. The molecule has 1 atom stereocenters. The Morgan fingerprint density at radius 3 is 3.16 bits per heavy atom. The number of aryl methyl sites for hydroxylation is 1. The van der Waals surface area contributed by atoms with Gasteiger partial charge in [0.2, 0.25) is 5.95 Å². The Morgan fingerprint density at radius 1 is 1.53 bits per heavy atom. The van der Waals surface area contributed by atoms with Crippen LogP contribution in [0.4, 0.5) is 11.8 Å². The minimum absolute atomic E-state index is 0.342. The summed E-state index contributed by atoms with van der Waals surface area (Å²) >= 11 is 1.85. The molecule has 0 saturated heterocycles. The van der Waals surface area contributed by atoms with Crippen molar-refractivity contribution in [3.8, 4) is 0 Å². The zero-order valence-corrected chi connectivity index (χ0v) is 11.9. The highest BCUT2D eigenvalue weighted by molar-refractivity contribution is 7.10. The predicted molar refractivity (Wildman–Crippen MR) is 78.4 cm³/mol. The van der Waals surface area contributed by atoms with Gasteiger partial charge in [0.05, 0.1) is 6.04 Å². The van der Waals surface area contributed by atoms with Gasteiger partial charge in [0, 0.05) is 23.2 Å². The van der Waals surface area contributed by atoms with Crippen LogP contribution >= 0.6 is 11.3 Å².